The second kappa shape index (κ2) is 17.6. The number of alkyl carbamates (subject to hydrolysis) is 1. The van der Waals surface area contributed by atoms with E-state index in [0.717, 1.165) is 16.3 Å². The lowest BCUT2D eigenvalue weighted by Crippen LogP contribution is -2.52. The van der Waals surface area contributed by atoms with Gasteiger partial charge in [0.15, 0.2) is 11.9 Å². The predicted molar refractivity (Wildman–Crippen MR) is 174 cm³/mol. The molecule has 3 aromatic carbocycles. The lowest BCUT2D eigenvalue weighted by Gasteiger charge is -2.23. The molecule has 0 heterocycles. The number of benzene rings is 3. The highest BCUT2D eigenvalue weighted by molar-refractivity contribution is 6.01. The molecule has 240 valence electrons. The van der Waals surface area contributed by atoms with Crippen LogP contribution in [0.3, 0.4) is 0 Å². The largest absolute Gasteiger partial charge is 0.496 e. The monoisotopic (exact) mass is 619 g/mol. The summed E-state index contributed by atoms with van der Waals surface area (Å²) in [5.41, 5.74) is 23.0. The van der Waals surface area contributed by atoms with Gasteiger partial charge in [0, 0.05) is 30.2 Å². The maximum Gasteiger partial charge on any atom is 0.408 e. The van der Waals surface area contributed by atoms with E-state index in [-0.39, 0.29) is 44.5 Å². The van der Waals surface area contributed by atoms with Crippen LogP contribution < -0.4 is 43.6 Å². The molecular formula is C31H41N9O5. The number of carbonyl (C=O) groups is 3. The smallest absolute Gasteiger partial charge is 0.408 e. The third-order valence-corrected chi connectivity index (χ3v) is 6.66. The molecule has 0 aliphatic carbocycles. The van der Waals surface area contributed by atoms with Crippen LogP contribution in [0.25, 0.3) is 10.8 Å². The van der Waals surface area contributed by atoms with E-state index in [0.29, 0.717) is 24.3 Å². The fourth-order valence-corrected chi connectivity index (χ4v) is 4.47. The summed E-state index contributed by atoms with van der Waals surface area (Å²) in [7, 11) is 1.55. The molecule has 1 unspecified atom stereocenters. The first-order chi connectivity index (χ1) is 21.7. The average molecular weight is 620 g/mol. The molecule has 0 aliphatic heterocycles. The molecule has 45 heavy (non-hydrogen) atoms. The number of fused-ring (bicyclic) bond motifs is 1. The molecule has 0 saturated carbocycles. The van der Waals surface area contributed by atoms with E-state index in [1.54, 1.807) is 13.2 Å². The highest BCUT2D eigenvalue weighted by Crippen LogP contribution is 2.30. The fraction of sp³-hybridized carbons (Fsp3) is 0.323. The number of nitrogens with one attached hydrogen (secondary N) is 3. The first-order valence-electron chi connectivity index (χ1n) is 14.4. The first-order valence-corrected chi connectivity index (χ1v) is 14.4. The van der Waals surface area contributed by atoms with E-state index in [1.807, 2.05) is 60.7 Å². The highest BCUT2D eigenvalue weighted by Gasteiger charge is 2.27. The molecule has 3 aromatic rings. The van der Waals surface area contributed by atoms with Crippen molar-refractivity contribution in [2.75, 3.05) is 25.5 Å². The van der Waals surface area contributed by atoms with Gasteiger partial charge in [-0.2, -0.15) is 0 Å². The first kappa shape index (κ1) is 34.0. The minimum atomic E-state index is -1.05. The van der Waals surface area contributed by atoms with Gasteiger partial charge in [-0.3, -0.25) is 19.6 Å². The lowest BCUT2D eigenvalue weighted by atomic mass is 10.1. The molecular weight excluding hydrogens is 578 g/mol. The van der Waals surface area contributed by atoms with Crippen LogP contribution in [0.5, 0.6) is 5.75 Å². The zero-order chi connectivity index (χ0) is 32.6. The van der Waals surface area contributed by atoms with Crippen LogP contribution in [0.15, 0.2) is 76.7 Å². The SMILES string of the molecule is COc1cc(NC(=O)C(CCCN=C(N)N)NC(=O)[C@@H](CCCN=C(N)N)NC(=O)OCc2ccccc2)cc2ccccc12. The van der Waals surface area contributed by atoms with E-state index in [1.165, 1.54) is 0 Å². The number of hydrogen-bond acceptors (Lipinski definition) is 7. The molecule has 0 aliphatic rings. The Bertz CT molecular complexity index is 1490. The summed E-state index contributed by atoms with van der Waals surface area (Å²) >= 11 is 0. The summed E-state index contributed by atoms with van der Waals surface area (Å²) in [4.78, 5) is 47.6. The van der Waals surface area contributed by atoms with Gasteiger partial charge in [0.05, 0.1) is 7.11 Å². The lowest BCUT2D eigenvalue weighted by molar-refractivity contribution is -0.128. The van der Waals surface area contributed by atoms with Gasteiger partial charge in [-0.05, 0) is 42.7 Å². The Balaban J connectivity index is 1.76. The summed E-state index contributed by atoms with van der Waals surface area (Å²) in [6, 6.07) is 18.2. The van der Waals surface area contributed by atoms with Crippen LogP contribution in [-0.4, -0.2) is 62.1 Å². The van der Waals surface area contributed by atoms with E-state index in [9.17, 15) is 14.4 Å². The number of anilines is 1. The van der Waals surface area contributed by atoms with Crippen molar-refractivity contribution in [3.63, 3.8) is 0 Å². The van der Waals surface area contributed by atoms with Gasteiger partial charge < -0.3 is 48.4 Å². The topological polar surface area (TPSA) is 235 Å². The van der Waals surface area contributed by atoms with Gasteiger partial charge >= 0.3 is 6.09 Å². The van der Waals surface area contributed by atoms with Crippen molar-refractivity contribution in [1.29, 1.82) is 0 Å². The Hall–Kier alpha value is -5.53. The number of ether oxygens (including phenoxy) is 2. The summed E-state index contributed by atoms with van der Waals surface area (Å²) in [5.74, 6) is -0.655. The third-order valence-electron chi connectivity index (χ3n) is 6.66. The standard InChI is InChI=1S/C31H41N9O5/c1-44-26-18-22(17-21-11-5-6-12-23(21)26)38-27(41)24(13-7-15-36-29(32)33)39-28(42)25(14-8-16-37-30(34)35)40-31(43)45-19-20-9-3-2-4-10-20/h2-6,9-12,17-18,24-25H,7-8,13-16,19H2,1H3,(H,38,41)(H,39,42)(H,40,43)(H4,32,33,36)(H4,34,35,37)/t24?,25-/m1/s1. The van der Waals surface area contributed by atoms with Gasteiger partial charge in [0.1, 0.15) is 24.4 Å². The summed E-state index contributed by atoms with van der Waals surface area (Å²) in [6.07, 6.45) is 0.343. The number of nitrogens with two attached hydrogens (primary N) is 4. The molecule has 0 bridgehead atoms. The normalized spacial score (nSPS) is 11.8. The maximum atomic E-state index is 13.5. The molecule has 0 fully saturated rings. The number of hydrogen-bond donors (Lipinski definition) is 7. The third kappa shape index (κ3) is 11.6. The van der Waals surface area contributed by atoms with E-state index in [4.69, 9.17) is 32.4 Å². The zero-order valence-corrected chi connectivity index (χ0v) is 25.2. The summed E-state index contributed by atoms with van der Waals surface area (Å²) in [5, 5.41) is 9.98. The molecule has 0 radical (unpaired) electrons. The number of methoxy groups -OCH3 is 1. The average Bonchev–Trinajstić information content (AvgIpc) is 3.02. The molecule has 2 atom stereocenters. The molecule has 11 N–H and O–H groups in total. The van der Waals surface area contributed by atoms with Crippen molar-refractivity contribution in [3.05, 3.63) is 72.3 Å². The fourth-order valence-electron chi connectivity index (χ4n) is 4.47. The van der Waals surface area contributed by atoms with Crippen molar-refractivity contribution in [1.82, 2.24) is 10.6 Å². The van der Waals surface area contributed by atoms with Crippen molar-refractivity contribution in [2.45, 2.75) is 44.4 Å². The van der Waals surface area contributed by atoms with E-state index in [2.05, 4.69) is 25.9 Å². The number of guanidine groups is 2. The molecule has 3 amide bonds. The second-order valence-electron chi connectivity index (χ2n) is 10.1. The van der Waals surface area contributed by atoms with Crippen LogP contribution in [-0.2, 0) is 20.9 Å². The summed E-state index contributed by atoms with van der Waals surface area (Å²) in [6.45, 7) is 0.497. The van der Waals surface area contributed by atoms with Crippen molar-refractivity contribution >= 4 is 46.3 Å². The maximum absolute atomic E-state index is 13.5. The zero-order valence-electron chi connectivity index (χ0n) is 25.2. The Morgan fingerprint density at radius 1 is 0.778 bits per heavy atom. The molecule has 0 saturated heterocycles. The Morgan fingerprint density at radius 2 is 1.38 bits per heavy atom. The van der Waals surface area contributed by atoms with Gasteiger partial charge in [-0.15, -0.1) is 0 Å². The van der Waals surface area contributed by atoms with Crippen LogP contribution in [0, 0.1) is 0 Å². The van der Waals surface area contributed by atoms with Gasteiger partial charge in [0.25, 0.3) is 0 Å². The molecule has 14 nitrogen and oxygen atoms in total. The minimum absolute atomic E-state index is 0.0139. The van der Waals surface area contributed by atoms with E-state index < -0.39 is 30.0 Å². The molecule has 3 rings (SSSR count). The number of aliphatic imine (C=N–C) groups is 2. The Labute approximate surface area is 261 Å². The number of rotatable bonds is 16. The number of nitrogens with zero attached hydrogens (tertiary/aromatic N) is 2. The Morgan fingerprint density at radius 3 is 2.00 bits per heavy atom. The van der Waals surface area contributed by atoms with Crippen LogP contribution in [0.2, 0.25) is 0 Å². The highest BCUT2D eigenvalue weighted by atomic mass is 16.5. The predicted octanol–water partition coefficient (Wildman–Crippen LogP) is 1.67. The number of carbonyl (C=O) groups excluding carboxylic acids is 3. The minimum Gasteiger partial charge on any atom is -0.496 e. The van der Waals surface area contributed by atoms with Gasteiger partial charge in [-0.25, -0.2) is 4.79 Å². The van der Waals surface area contributed by atoms with Gasteiger partial charge in [0.2, 0.25) is 11.8 Å². The summed E-state index contributed by atoms with van der Waals surface area (Å²) < 4.78 is 10.8. The van der Waals surface area contributed by atoms with Crippen LogP contribution in [0.4, 0.5) is 10.5 Å². The van der Waals surface area contributed by atoms with Gasteiger partial charge in [-0.1, -0.05) is 54.6 Å². The van der Waals surface area contributed by atoms with Crippen molar-refractivity contribution in [3.8, 4) is 5.75 Å². The molecule has 0 aromatic heterocycles. The Kier molecular flexibility index (Phi) is 13.2. The van der Waals surface area contributed by atoms with Crippen molar-refractivity contribution < 1.29 is 23.9 Å². The quantitative estimate of drug-likeness (QED) is 0.0700. The van der Waals surface area contributed by atoms with Crippen molar-refractivity contribution in [2.24, 2.45) is 32.9 Å². The molecule has 14 heteroatoms. The second-order valence-corrected chi connectivity index (χ2v) is 10.1. The van der Waals surface area contributed by atoms with E-state index >= 15 is 0 Å². The van der Waals surface area contributed by atoms with Crippen LogP contribution in [0.1, 0.15) is 31.2 Å². The number of amides is 3. The molecule has 0 spiro atoms. The van der Waals surface area contributed by atoms with Crippen LogP contribution >= 0.6 is 0 Å².